The predicted molar refractivity (Wildman–Crippen MR) is 75.8 cm³/mol. The van der Waals surface area contributed by atoms with E-state index in [1.165, 1.54) is 0 Å². The van der Waals surface area contributed by atoms with Gasteiger partial charge in [-0.25, -0.2) is 13.9 Å². The Bertz CT molecular complexity index is 549. The van der Waals surface area contributed by atoms with Gasteiger partial charge in [0, 0.05) is 0 Å². The Morgan fingerprint density at radius 2 is 2.10 bits per heavy atom. The molecule has 0 unspecified atom stereocenters. The minimum absolute atomic E-state index is 0.155. The van der Waals surface area contributed by atoms with E-state index < -0.39 is 0 Å². The SMILES string of the molecule is CCC[C@H](OC(=O)Cn1cc[n+](C)c1)c1ccccc1. The normalized spacial score (nSPS) is 12.1. The molecule has 1 aromatic carbocycles. The number of rotatable bonds is 6. The van der Waals surface area contributed by atoms with Gasteiger partial charge in [0.15, 0.2) is 6.54 Å². The molecule has 0 aliphatic carbocycles. The van der Waals surface area contributed by atoms with E-state index in [-0.39, 0.29) is 18.6 Å². The van der Waals surface area contributed by atoms with Crippen LogP contribution in [0.25, 0.3) is 0 Å². The highest BCUT2D eigenvalue weighted by atomic mass is 16.5. The quantitative estimate of drug-likeness (QED) is 0.598. The number of hydrogen-bond acceptors (Lipinski definition) is 2. The molecular formula is C16H21N2O2+. The summed E-state index contributed by atoms with van der Waals surface area (Å²) in [6, 6.07) is 9.91. The lowest BCUT2D eigenvalue weighted by Crippen LogP contribution is -2.24. The maximum Gasteiger partial charge on any atom is 0.349 e. The van der Waals surface area contributed by atoms with Crippen molar-refractivity contribution in [3.05, 3.63) is 54.6 Å². The lowest BCUT2D eigenvalue weighted by molar-refractivity contribution is -0.671. The molecule has 106 valence electrons. The first-order valence-electron chi connectivity index (χ1n) is 6.94. The van der Waals surface area contributed by atoms with Crippen LogP contribution in [0.15, 0.2) is 49.1 Å². The van der Waals surface area contributed by atoms with Crippen LogP contribution < -0.4 is 4.57 Å². The summed E-state index contributed by atoms with van der Waals surface area (Å²) in [4.78, 5) is 12.0. The summed E-state index contributed by atoms with van der Waals surface area (Å²) in [7, 11) is 1.92. The minimum atomic E-state index is -0.205. The van der Waals surface area contributed by atoms with Gasteiger partial charge in [0.25, 0.3) is 0 Å². The van der Waals surface area contributed by atoms with Crippen LogP contribution in [0.5, 0.6) is 0 Å². The van der Waals surface area contributed by atoms with Crippen molar-refractivity contribution in [1.29, 1.82) is 0 Å². The molecule has 20 heavy (non-hydrogen) atoms. The summed E-state index contributed by atoms with van der Waals surface area (Å²) in [6.45, 7) is 2.34. The maximum atomic E-state index is 12.0. The first kappa shape index (κ1) is 14.3. The lowest BCUT2D eigenvalue weighted by atomic mass is 10.1. The van der Waals surface area contributed by atoms with Crippen LogP contribution in [0.4, 0.5) is 0 Å². The highest BCUT2D eigenvalue weighted by Crippen LogP contribution is 2.22. The van der Waals surface area contributed by atoms with Gasteiger partial charge in [-0.15, -0.1) is 0 Å². The Kier molecular flexibility index (Phi) is 4.93. The fourth-order valence-electron chi connectivity index (χ4n) is 2.16. The Morgan fingerprint density at radius 1 is 1.35 bits per heavy atom. The molecule has 0 saturated carbocycles. The molecule has 0 aliphatic rings. The van der Waals surface area contributed by atoms with E-state index in [9.17, 15) is 4.79 Å². The van der Waals surface area contributed by atoms with Gasteiger partial charge in [0.05, 0.1) is 7.05 Å². The van der Waals surface area contributed by atoms with E-state index in [1.54, 1.807) is 0 Å². The molecule has 0 bridgehead atoms. The topological polar surface area (TPSA) is 35.1 Å². The van der Waals surface area contributed by atoms with Crippen molar-refractivity contribution in [2.75, 3.05) is 0 Å². The zero-order valence-electron chi connectivity index (χ0n) is 12.0. The highest BCUT2D eigenvalue weighted by Gasteiger charge is 2.17. The standard InChI is InChI=1S/C16H21N2O2/c1-3-7-15(14-8-5-4-6-9-14)20-16(19)12-18-11-10-17(2)13-18/h4-6,8-11,13,15H,3,7,12H2,1-2H3/q+1/t15-/m0/s1. The van der Waals surface area contributed by atoms with Crippen LogP contribution in [-0.2, 0) is 23.1 Å². The third kappa shape index (κ3) is 3.95. The van der Waals surface area contributed by atoms with E-state index in [2.05, 4.69) is 6.92 Å². The van der Waals surface area contributed by atoms with Crippen molar-refractivity contribution in [3.8, 4) is 0 Å². The number of nitrogens with zero attached hydrogens (tertiary/aromatic N) is 2. The zero-order valence-corrected chi connectivity index (χ0v) is 12.0. The maximum absolute atomic E-state index is 12.0. The molecule has 0 spiro atoms. The Morgan fingerprint density at radius 3 is 2.70 bits per heavy atom. The molecule has 1 heterocycles. The zero-order chi connectivity index (χ0) is 14.4. The van der Waals surface area contributed by atoms with Gasteiger partial charge in [-0.2, -0.15) is 0 Å². The molecule has 0 aliphatic heterocycles. The van der Waals surface area contributed by atoms with Gasteiger partial charge in [0.2, 0.25) is 6.33 Å². The van der Waals surface area contributed by atoms with E-state index in [1.807, 2.05) is 65.2 Å². The predicted octanol–water partition coefficient (Wildman–Crippen LogP) is 2.40. The molecule has 0 N–H and O–H groups in total. The fraction of sp³-hybridized carbons (Fsp3) is 0.375. The van der Waals surface area contributed by atoms with E-state index in [0.29, 0.717) is 0 Å². The molecule has 0 radical (unpaired) electrons. The van der Waals surface area contributed by atoms with Crippen molar-refractivity contribution in [1.82, 2.24) is 4.57 Å². The van der Waals surface area contributed by atoms with Crippen LogP contribution >= 0.6 is 0 Å². The van der Waals surface area contributed by atoms with Gasteiger partial charge in [-0.05, 0) is 12.0 Å². The molecule has 2 aromatic rings. The molecule has 0 saturated heterocycles. The van der Waals surface area contributed by atoms with Crippen molar-refractivity contribution >= 4 is 5.97 Å². The molecule has 1 aromatic heterocycles. The summed E-state index contributed by atoms with van der Waals surface area (Å²) in [6.07, 6.45) is 7.28. The Hall–Kier alpha value is -2.10. The second-order valence-electron chi connectivity index (χ2n) is 4.93. The average Bonchev–Trinajstić information content (AvgIpc) is 2.84. The monoisotopic (exact) mass is 273 g/mol. The number of hydrogen-bond donors (Lipinski definition) is 0. The molecule has 2 rings (SSSR count). The number of aryl methyl sites for hydroxylation is 1. The second kappa shape index (κ2) is 6.89. The van der Waals surface area contributed by atoms with Crippen LogP contribution in [0.3, 0.4) is 0 Å². The van der Waals surface area contributed by atoms with E-state index in [0.717, 1.165) is 18.4 Å². The number of carbonyl (C=O) groups excluding carboxylic acids is 1. The number of esters is 1. The van der Waals surface area contributed by atoms with E-state index in [4.69, 9.17) is 4.74 Å². The van der Waals surface area contributed by atoms with Crippen molar-refractivity contribution in [2.45, 2.75) is 32.4 Å². The number of aromatic nitrogens is 2. The Balaban J connectivity index is 1.99. The number of ether oxygens (including phenoxy) is 1. The first-order valence-corrected chi connectivity index (χ1v) is 6.94. The molecule has 1 atom stereocenters. The largest absolute Gasteiger partial charge is 0.455 e. The van der Waals surface area contributed by atoms with Gasteiger partial charge in [-0.1, -0.05) is 43.7 Å². The first-order chi connectivity index (χ1) is 9.69. The van der Waals surface area contributed by atoms with Crippen LogP contribution in [0.2, 0.25) is 0 Å². The summed E-state index contributed by atoms with van der Waals surface area (Å²) in [5.74, 6) is -0.205. The van der Waals surface area contributed by atoms with Crippen LogP contribution in [-0.4, -0.2) is 10.5 Å². The molecule has 0 amide bonds. The summed E-state index contributed by atoms with van der Waals surface area (Å²) >= 11 is 0. The molecule has 0 fully saturated rings. The van der Waals surface area contributed by atoms with Gasteiger partial charge in [-0.3, -0.25) is 0 Å². The summed E-state index contributed by atoms with van der Waals surface area (Å²) < 4.78 is 9.33. The highest BCUT2D eigenvalue weighted by molar-refractivity contribution is 5.69. The molecule has 4 heteroatoms. The smallest absolute Gasteiger partial charge is 0.349 e. The average molecular weight is 273 g/mol. The minimum Gasteiger partial charge on any atom is -0.455 e. The van der Waals surface area contributed by atoms with Gasteiger partial charge < -0.3 is 4.74 Å². The Labute approximate surface area is 119 Å². The number of carbonyl (C=O) groups is 1. The lowest BCUT2D eigenvalue weighted by Gasteiger charge is -2.17. The van der Waals surface area contributed by atoms with Crippen molar-refractivity contribution in [3.63, 3.8) is 0 Å². The van der Waals surface area contributed by atoms with Gasteiger partial charge >= 0.3 is 5.97 Å². The summed E-state index contributed by atoms with van der Waals surface area (Å²) in [5.41, 5.74) is 1.06. The van der Waals surface area contributed by atoms with Crippen LogP contribution in [0.1, 0.15) is 31.4 Å². The fourth-order valence-corrected chi connectivity index (χ4v) is 2.16. The van der Waals surface area contributed by atoms with Crippen molar-refractivity contribution < 1.29 is 14.1 Å². The van der Waals surface area contributed by atoms with E-state index >= 15 is 0 Å². The third-order valence-corrected chi connectivity index (χ3v) is 3.13. The molecule has 4 nitrogen and oxygen atoms in total. The summed E-state index contributed by atoms with van der Waals surface area (Å²) in [5, 5.41) is 0. The third-order valence-electron chi connectivity index (χ3n) is 3.13. The van der Waals surface area contributed by atoms with Crippen LogP contribution in [0, 0.1) is 0 Å². The number of imidazole rings is 1. The molecular weight excluding hydrogens is 252 g/mol. The van der Waals surface area contributed by atoms with Crippen molar-refractivity contribution in [2.24, 2.45) is 7.05 Å². The van der Waals surface area contributed by atoms with Gasteiger partial charge in [0.1, 0.15) is 18.5 Å². The second-order valence-corrected chi connectivity index (χ2v) is 4.93. The number of benzene rings is 1.